The molecule has 3 aromatic heterocycles. The Bertz CT molecular complexity index is 1310. The molecule has 0 saturated carbocycles. The summed E-state index contributed by atoms with van der Waals surface area (Å²) in [6.45, 7) is 2.19. The summed E-state index contributed by atoms with van der Waals surface area (Å²) in [4.78, 5) is 8.22. The molecule has 0 radical (unpaired) electrons. The van der Waals surface area contributed by atoms with Gasteiger partial charge < -0.3 is 10.1 Å². The number of nitrogens with zero attached hydrogens (tertiary/aromatic N) is 9. The predicted molar refractivity (Wildman–Crippen MR) is 112 cm³/mol. The van der Waals surface area contributed by atoms with Crippen LogP contribution >= 0.6 is 0 Å². The van der Waals surface area contributed by atoms with Gasteiger partial charge in [-0.1, -0.05) is 6.07 Å². The molecule has 4 rings (SSSR count). The monoisotopic (exact) mass is 470 g/mol. The average molecular weight is 470 g/mol. The lowest BCUT2D eigenvalue weighted by Gasteiger charge is -2.16. The number of nitrogens with one attached hydrogen (secondary N) is 1. The molecule has 1 aromatic carbocycles. The summed E-state index contributed by atoms with van der Waals surface area (Å²) in [7, 11) is 1.39. The minimum absolute atomic E-state index is 0.0255. The number of rotatable bonds is 7. The highest BCUT2D eigenvalue weighted by atomic mass is 19.4. The lowest BCUT2D eigenvalue weighted by molar-refractivity contribution is -0.140. The van der Waals surface area contributed by atoms with Crippen LogP contribution in [0.5, 0.6) is 5.75 Å². The molecule has 34 heavy (non-hydrogen) atoms. The zero-order valence-corrected chi connectivity index (χ0v) is 17.9. The number of hydrogen-bond donors (Lipinski definition) is 1. The van der Waals surface area contributed by atoms with Crippen LogP contribution in [0.15, 0.2) is 43.1 Å². The number of nitriles is 1. The first-order chi connectivity index (χ1) is 16.2. The first-order valence-corrected chi connectivity index (χ1v) is 9.85. The number of halogens is 3. The zero-order chi connectivity index (χ0) is 24.3. The first-order valence-electron chi connectivity index (χ1n) is 9.85. The number of alkyl halides is 3. The fourth-order valence-corrected chi connectivity index (χ4v) is 3.12. The molecule has 0 spiro atoms. The van der Waals surface area contributed by atoms with Crippen LogP contribution in [0.2, 0.25) is 0 Å². The number of aryl methyl sites for hydroxylation is 1. The van der Waals surface area contributed by atoms with Crippen molar-refractivity contribution >= 4 is 11.6 Å². The Morgan fingerprint density at radius 3 is 2.62 bits per heavy atom. The Kier molecular flexibility index (Phi) is 6.09. The number of anilines is 2. The molecular formula is C20H17F3N10O. The number of aromatic nitrogens is 8. The summed E-state index contributed by atoms with van der Waals surface area (Å²) in [5, 5.41) is 26.3. The van der Waals surface area contributed by atoms with Gasteiger partial charge in [0.25, 0.3) is 0 Å². The molecule has 0 aliphatic heterocycles. The van der Waals surface area contributed by atoms with Crippen LogP contribution in [0, 0.1) is 11.3 Å². The lowest BCUT2D eigenvalue weighted by atomic mass is 10.1. The second-order valence-corrected chi connectivity index (χ2v) is 7.27. The molecule has 11 nitrogen and oxygen atoms in total. The van der Waals surface area contributed by atoms with Crippen molar-refractivity contribution in [3.8, 4) is 22.9 Å². The summed E-state index contributed by atoms with van der Waals surface area (Å²) in [6, 6.07) is 7.05. The van der Waals surface area contributed by atoms with Crippen LogP contribution in [0.25, 0.3) is 11.1 Å². The van der Waals surface area contributed by atoms with Crippen molar-refractivity contribution in [2.75, 3.05) is 5.32 Å². The van der Waals surface area contributed by atoms with E-state index in [0.717, 1.165) is 4.68 Å². The van der Waals surface area contributed by atoms with Crippen molar-refractivity contribution < 1.29 is 17.9 Å². The summed E-state index contributed by atoms with van der Waals surface area (Å²) in [5.74, 6) is 0.329. The van der Waals surface area contributed by atoms with Gasteiger partial charge in [0.1, 0.15) is 24.3 Å². The fraction of sp³-hybridized carbons (Fsp3) is 0.250. The van der Waals surface area contributed by atoms with Gasteiger partial charge in [0.05, 0.1) is 17.8 Å². The van der Waals surface area contributed by atoms with E-state index in [1.165, 1.54) is 36.6 Å². The molecule has 0 aliphatic rings. The minimum atomic E-state index is -4.62. The molecule has 174 valence electrons. The molecule has 0 bridgehead atoms. The van der Waals surface area contributed by atoms with Crippen LogP contribution in [-0.2, 0) is 19.8 Å². The molecule has 4 aromatic rings. The van der Waals surface area contributed by atoms with Crippen LogP contribution < -0.4 is 10.1 Å². The van der Waals surface area contributed by atoms with Crippen molar-refractivity contribution in [2.24, 2.45) is 7.05 Å². The zero-order valence-electron chi connectivity index (χ0n) is 17.9. The Hall–Kier alpha value is -4.54. The number of hydrogen-bond acceptors (Lipinski definition) is 9. The maximum atomic E-state index is 13.1. The van der Waals surface area contributed by atoms with E-state index in [1.54, 1.807) is 18.2 Å². The third-order valence-electron chi connectivity index (χ3n) is 4.59. The smallest absolute Gasteiger partial charge is 0.437 e. The summed E-state index contributed by atoms with van der Waals surface area (Å²) < 4.78 is 47.9. The molecule has 0 aliphatic carbocycles. The molecule has 1 N–H and O–H groups in total. The largest absolute Gasteiger partial charge is 0.487 e. The number of benzene rings is 1. The quantitative estimate of drug-likeness (QED) is 0.433. The third kappa shape index (κ3) is 5.09. The molecule has 0 saturated heterocycles. The molecular weight excluding hydrogens is 453 g/mol. The minimum Gasteiger partial charge on any atom is -0.487 e. The van der Waals surface area contributed by atoms with Gasteiger partial charge in [0.15, 0.2) is 5.69 Å². The highest BCUT2D eigenvalue weighted by Gasteiger charge is 2.37. The van der Waals surface area contributed by atoms with Gasteiger partial charge in [-0.3, -0.25) is 4.68 Å². The molecule has 1 atom stereocenters. The SMILES string of the molecule is CC(Cn1cnnn1)Oc1cc(-c2cnc(Nc3cn(C)nc3C(F)(F)F)nc2)ccc1C#N. The predicted octanol–water partition coefficient (Wildman–Crippen LogP) is 2.97. The van der Waals surface area contributed by atoms with Gasteiger partial charge in [-0.2, -0.15) is 23.5 Å². The Labute approximate surface area is 190 Å². The third-order valence-corrected chi connectivity index (χ3v) is 4.59. The topological polar surface area (TPSA) is 132 Å². The van der Waals surface area contributed by atoms with Crippen LogP contribution in [0.4, 0.5) is 24.8 Å². The van der Waals surface area contributed by atoms with Crippen molar-refractivity contribution in [1.29, 1.82) is 5.26 Å². The van der Waals surface area contributed by atoms with Gasteiger partial charge in [-0.05, 0) is 35.0 Å². The van der Waals surface area contributed by atoms with Crippen molar-refractivity contribution in [1.82, 2.24) is 40.0 Å². The number of ether oxygens (including phenoxy) is 1. The van der Waals surface area contributed by atoms with Crippen molar-refractivity contribution in [2.45, 2.75) is 25.7 Å². The van der Waals surface area contributed by atoms with E-state index in [-0.39, 0.29) is 17.7 Å². The summed E-state index contributed by atoms with van der Waals surface area (Å²) >= 11 is 0. The van der Waals surface area contributed by atoms with E-state index in [2.05, 4.69) is 42.0 Å². The molecule has 1 unspecified atom stereocenters. The van der Waals surface area contributed by atoms with Gasteiger partial charge in [-0.15, -0.1) is 5.10 Å². The fourth-order valence-electron chi connectivity index (χ4n) is 3.12. The molecule has 0 fully saturated rings. The Morgan fingerprint density at radius 2 is 1.97 bits per heavy atom. The highest BCUT2D eigenvalue weighted by molar-refractivity contribution is 5.67. The van der Waals surface area contributed by atoms with Crippen LogP contribution in [0.1, 0.15) is 18.2 Å². The maximum Gasteiger partial charge on any atom is 0.437 e. The molecule has 3 heterocycles. The van der Waals surface area contributed by atoms with Gasteiger partial charge in [0, 0.05) is 31.2 Å². The standard InChI is InChI=1S/C20H17F3N10O/c1-12(9-33-11-27-30-31-33)34-17-5-13(3-4-14(17)6-24)15-7-25-19(26-8-15)28-16-10-32(2)29-18(16)20(21,22)23/h3-5,7-8,10-12H,9H2,1-2H3,(H,25,26,28). The number of tetrazole rings is 1. The highest BCUT2D eigenvalue weighted by Crippen LogP contribution is 2.34. The van der Waals surface area contributed by atoms with E-state index in [1.807, 2.05) is 6.92 Å². The Balaban J connectivity index is 1.53. The van der Waals surface area contributed by atoms with Gasteiger partial charge in [0.2, 0.25) is 5.95 Å². The second-order valence-electron chi connectivity index (χ2n) is 7.27. The molecule has 0 amide bonds. The average Bonchev–Trinajstić information content (AvgIpc) is 3.43. The van der Waals surface area contributed by atoms with Crippen molar-refractivity contribution in [3.05, 3.63) is 54.4 Å². The van der Waals surface area contributed by atoms with E-state index < -0.39 is 11.9 Å². The van der Waals surface area contributed by atoms with E-state index in [9.17, 15) is 18.4 Å². The van der Waals surface area contributed by atoms with Crippen molar-refractivity contribution in [3.63, 3.8) is 0 Å². The Morgan fingerprint density at radius 1 is 1.21 bits per heavy atom. The first kappa shape index (κ1) is 22.6. The lowest BCUT2D eigenvalue weighted by Crippen LogP contribution is -2.20. The van der Waals surface area contributed by atoms with Gasteiger partial charge >= 0.3 is 6.18 Å². The van der Waals surface area contributed by atoms with Crippen LogP contribution in [0.3, 0.4) is 0 Å². The maximum absolute atomic E-state index is 13.1. The van der Waals surface area contributed by atoms with E-state index >= 15 is 0 Å². The summed E-state index contributed by atoms with van der Waals surface area (Å²) in [5.41, 5.74) is 0.256. The summed E-state index contributed by atoms with van der Waals surface area (Å²) in [6.07, 6.45) is 0.599. The van der Waals surface area contributed by atoms with E-state index in [4.69, 9.17) is 4.74 Å². The van der Waals surface area contributed by atoms with Gasteiger partial charge in [-0.25, -0.2) is 14.6 Å². The normalized spacial score (nSPS) is 12.2. The van der Waals surface area contributed by atoms with E-state index in [0.29, 0.717) is 29.0 Å². The molecule has 14 heteroatoms. The van der Waals surface area contributed by atoms with Crippen LogP contribution in [-0.4, -0.2) is 46.1 Å². The second kappa shape index (κ2) is 9.14.